The third-order valence-electron chi connectivity index (χ3n) is 0. The SMILES string of the molecule is NS(=O)(=O)O.[Ag]. The van der Waals surface area contributed by atoms with Crippen LogP contribution in [0.2, 0.25) is 0 Å². The Labute approximate surface area is 51.1 Å². The second kappa shape index (κ2) is 2.73. The average molecular weight is 205 g/mol. The molecule has 1 radical (unpaired) electrons. The molecule has 0 aliphatic rings. The summed E-state index contributed by atoms with van der Waals surface area (Å²) in [7, 11) is -4.17. The van der Waals surface area contributed by atoms with Crippen LogP contribution in [-0.2, 0) is 32.7 Å². The summed E-state index contributed by atoms with van der Waals surface area (Å²) in [5, 5.41) is 3.88. The van der Waals surface area contributed by atoms with Gasteiger partial charge in [-0.05, 0) is 0 Å². The minimum Gasteiger partial charge on any atom is -0.274 e. The Morgan fingerprint density at radius 1 is 1.50 bits per heavy atom. The van der Waals surface area contributed by atoms with Crippen molar-refractivity contribution in [2.75, 3.05) is 0 Å². The molecule has 0 unspecified atom stereocenters. The largest absolute Gasteiger partial charge is 0.330 e. The summed E-state index contributed by atoms with van der Waals surface area (Å²) in [6, 6.07) is 0. The molecule has 0 aromatic carbocycles. The molecular weight excluding hydrogens is 202 g/mol. The van der Waals surface area contributed by atoms with Crippen molar-refractivity contribution in [2.45, 2.75) is 0 Å². The van der Waals surface area contributed by atoms with Gasteiger partial charge in [0.1, 0.15) is 0 Å². The molecule has 0 saturated carbocycles. The Morgan fingerprint density at radius 2 is 1.50 bits per heavy atom. The topological polar surface area (TPSA) is 80.4 Å². The molecule has 0 rings (SSSR count). The van der Waals surface area contributed by atoms with Crippen LogP contribution in [0.4, 0.5) is 0 Å². The molecule has 6 heavy (non-hydrogen) atoms. The van der Waals surface area contributed by atoms with Gasteiger partial charge in [0.2, 0.25) is 0 Å². The number of rotatable bonds is 0. The fourth-order valence-corrected chi connectivity index (χ4v) is 0. The van der Waals surface area contributed by atoms with Gasteiger partial charge in [-0.15, -0.1) is 0 Å². The molecule has 3 N–H and O–H groups in total. The Kier molecular flexibility index (Phi) is 4.45. The summed E-state index contributed by atoms with van der Waals surface area (Å²) in [6.07, 6.45) is 0. The predicted octanol–water partition coefficient (Wildman–Crippen LogP) is -1.25. The van der Waals surface area contributed by atoms with Crippen LogP contribution in [0, 0.1) is 0 Å². The van der Waals surface area contributed by atoms with Crippen LogP contribution >= 0.6 is 0 Å². The van der Waals surface area contributed by atoms with Crippen LogP contribution in [0.15, 0.2) is 0 Å². The van der Waals surface area contributed by atoms with E-state index in [0.717, 1.165) is 0 Å². The van der Waals surface area contributed by atoms with Crippen LogP contribution < -0.4 is 5.14 Å². The standard InChI is InChI=1S/Ag.H3NO3S/c;1-5(2,3)4/h;(H3,1,2,3,4). The first-order chi connectivity index (χ1) is 2.00. The average Bonchev–Trinajstić information content (AvgIpc) is 0.722. The van der Waals surface area contributed by atoms with E-state index in [1.54, 1.807) is 0 Å². The van der Waals surface area contributed by atoms with Crippen molar-refractivity contribution in [2.24, 2.45) is 5.14 Å². The van der Waals surface area contributed by atoms with Gasteiger partial charge in [-0.3, -0.25) is 4.55 Å². The fourth-order valence-electron chi connectivity index (χ4n) is 0. The minimum atomic E-state index is -4.17. The second-order valence-corrected chi connectivity index (χ2v) is 1.54. The molecule has 0 aliphatic heterocycles. The summed E-state index contributed by atoms with van der Waals surface area (Å²) in [4.78, 5) is 0. The zero-order chi connectivity index (χ0) is 4.50. The molecule has 6 heteroatoms. The summed E-state index contributed by atoms with van der Waals surface area (Å²) in [6.45, 7) is 0. The molecule has 0 fully saturated rings. The number of hydrogen-bond acceptors (Lipinski definition) is 2. The van der Waals surface area contributed by atoms with Crippen LogP contribution in [0.3, 0.4) is 0 Å². The van der Waals surface area contributed by atoms with Crippen LogP contribution in [0.25, 0.3) is 0 Å². The van der Waals surface area contributed by atoms with E-state index < -0.39 is 10.3 Å². The molecule has 0 aromatic rings. The maximum Gasteiger partial charge on any atom is 0.330 e. The molecule has 0 heterocycles. The number of nitrogens with two attached hydrogens (primary N) is 1. The van der Waals surface area contributed by atoms with Gasteiger partial charge in [0.25, 0.3) is 0 Å². The fraction of sp³-hybridized carbons (Fsp3) is 0. The molecule has 0 atom stereocenters. The van der Waals surface area contributed by atoms with Gasteiger partial charge in [-0.1, -0.05) is 0 Å². The van der Waals surface area contributed by atoms with Crippen molar-refractivity contribution in [3.05, 3.63) is 0 Å². The van der Waals surface area contributed by atoms with E-state index in [2.05, 4.69) is 5.14 Å². The Hall–Kier alpha value is 0.610. The van der Waals surface area contributed by atoms with Crippen LogP contribution in [0.1, 0.15) is 0 Å². The van der Waals surface area contributed by atoms with Crippen molar-refractivity contribution in [3.63, 3.8) is 0 Å². The second-order valence-electron chi connectivity index (χ2n) is 0.515. The molecule has 0 aliphatic carbocycles. The Balaban J connectivity index is 0. The van der Waals surface area contributed by atoms with E-state index in [0.29, 0.717) is 0 Å². The molecule has 0 spiro atoms. The third kappa shape index (κ3) is 161. The summed E-state index contributed by atoms with van der Waals surface area (Å²) in [5.74, 6) is 0. The first kappa shape index (κ1) is 9.79. The van der Waals surface area contributed by atoms with Gasteiger partial charge in [0, 0.05) is 22.4 Å². The summed E-state index contributed by atoms with van der Waals surface area (Å²) < 4.78 is 25.2. The normalized spacial score (nSPS) is 9.67. The molecule has 0 saturated heterocycles. The zero-order valence-electron chi connectivity index (χ0n) is 2.55. The van der Waals surface area contributed by atoms with Crippen molar-refractivity contribution in [3.8, 4) is 0 Å². The first-order valence-corrected chi connectivity index (χ1v) is 2.25. The van der Waals surface area contributed by atoms with Crippen LogP contribution in [-0.4, -0.2) is 13.0 Å². The van der Waals surface area contributed by atoms with Crippen molar-refractivity contribution >= 4 is 10.3 Å². The van der Waals surface area contributed by atoms with E-state index in [4.69, 9.17) is 13.0 Å². The third-order valence-corrected chi connectivity index (χ3v) is 0. The molecular formula is H3AgNO3S. The summed E-state index contributed by atoms with van der Waals surface area (Å²) in [5.41, 5.74) is 0. The van der Waals surface area contributed by atoms with Crippen molar-refractivity contribution < 1.29 is 35.4 Å². The Morgan fingerprint density at radius 3 is 1.50 bits per heavy atom. The van der Waals surface area contributed by atoms with Gasteiger partial charge in [-0.2, -0.15) is 8.42 Å². The van der Waals surface area contributed by atoms with Gasteiger partial charge in [0.15, 0.2) is 0 Å². The predicted molar refractivity (Wildman–Crippen MR) is 15.7 cm³/mol. The van der Waals surface area contributed by atoms with E-state index in [9.17, 15) is 0 Å². The quantitative estimate of drug-likeness (QED) is 0.382. The van der Waals surface area contributed by atoms with Gasteiger partial charge < -0.3 is 0 Å². The number of hydrogen-bond donors (Lipinski definition) is 2. The van der Waals surface area contributed by atoms with Gasteiger partial charge in [0.05, 0.1) is 0 Å². The first-order valence-electron chi connectivity index (χ1n) is 0.752. The maximum atomic E-state index is 8.97. The molecule has 0 amide bonds. The van der Waals surface area contributed by atoms with Crippen molar-refractivity contribution in [1.29, 1.82) is 0 Å². The van der Waals surface area contributed by atoms with E-state index >= 15 is 0 Å². The smallest absolute Gasteiger partial charge is 0.274 e. The Bertz CT molecular complexity index is 94.0. The van der Waals surface area contributed by atoms with Gasteiger partial charge in [-0.25, -0.2) is 5.14 Å². The molecule has 43 valence electrons. The maximum absolute atomic E-state index is 8.97. The molecule has 0 aromatic heterocycles. The van der Waals surface area contributed by atoms with E-state index in [-0.39, 0.29) is 22.4 Å². The van der Waals surface area contributed by atoms with E-state index in [1.807, 2.05) is 0 Å². The van der Waals surface area contributed by atoms with Crippen molar-refractivity contribution in [1.82, 2.24) is 0 Å². The van der Waals surface area contributed by atoms with Crippen LogP contribution in [0.5, 0.6) is 0 Å². The monoisotopic (exact) mass is 204 g/mol. The molecule has 4 nitrogen and oxygen atoms in total. The molecule has 0 bridgehead atoms. The minimum absolute atomic E-state index is 0. The summed E-state index contributed by atoms with van der Waals surface area (Å²) >= 11 is 0. The van der Waals surface area contributed by atoms with E-state index in [1.165, 1.54) is 0 Å². The van der Waals surface area contributed by atoms with Gasteiger partial charge >= 0.3 is 10.3 Å². The zero-order valence-corrected chi connectivity index (χ0v) is 4.85.